The first-order valence-electron chi connectivity index (χ1n) is 7.23. The van der Waals surface area contributed by atoms with Crippen LogP contribution in [0.25, 0.3) is 0 Å². The molecule has 2 aliphatic heterocycles. The molecular formula is C14H22N4O. The van der Waals surface area contributed by atoms with Crippen LogP contribution in [0.3, 0.4) is 0 Å². The molecule has 3 rings (SSSR count). The number of likely N-dealkylation sites (tertiary alicyclic amines) is 1. The smallest absolute Gasteiger partial charge is 0.272 e. The van der Waals surface area contributed by atoms with Gasteiger partial charge in [-0.3, -0.25) is 9.48 Å². The number of aryl methyl sites for hydroxylation is 1. The second-order valence-electron chi connectivity index (χ2n) is 5.72. The lowest BCUT2D eigenvalue weighted by Crippen LogP contribution is -2.41. The summed E-state index contributed by atoms with van der Waals surface area (Å²) in [6.07, 6.45) is 5.29. The first-order valence-corrected chi connectivity index (χ1v) is 7.23. The molecule has 1 atom stereocenters. The van der Waals surface area contributed by atoms with Crippen LogP contribution in [0, 0.1) is 11.8 Å². The molecule has 0 bridgehead atoms. The summed E-state index contributed by atoms with van der Waals surface area (Å²) in [7, 11) is 1.82. The normalized spacial score (nSPS) is 24.9. The Labute approximate surface area is 114 Å². The average molecular weight is 262 g/mol. The highest BCUT2D eigenvalue weighted by atomic mass is 16.2. The zero-order chi connectivity index (χ0) is 13.2. The highest BCUT2D eigenvalue weighted by Gasteiger charge is 2.30. The van der Waals surface area contributed by atoms with Crippen LogP contribution >= 0.6 is 0 Å². The molecule has 2 fully saturated rings. The van der Waals surface area contributed by atoms with Gasteiger partial charge in [-0.05, 0) is 50.3 Å². The topological polar surface area (TPSA) is 50.2 Å². The zero-order valence-electron chi connectivity index (χ0n) is 11.5. The Morgan fingerprint density at radius 1 is 1.32 bits per heavy atom. The summed E-state index contributed by atoms with van der Waals surface area (Å²) in [5.74, 6) is 1.75. The summed E-state index contributed by atoms with van der Waals surface area (Å²) in [6, 6.07) is 1.80. The van der Waals surface area contributed by atoms with E-state index in [1.807, 2.05) is 11.9 Å². The van der Waals surface area contributed by atoms with Crippen molar-refractivity contribution in [3.8, 4) is 0 Å². The first kappa shape index (κ1) is 12.7. The summed E-state index contributed by atoms with van der Waals surface area (Å²) < 4.78 is 1.66. The van der Waals surface area contributed by atoms with Gasteiger partial charge in [-0.1, -0.05) is 0 Å². The van der Waals surface area contributed by atoms with Crippen LogP contribution in [-0.2, 0) is 7.05 Å². The Morgan fingerprint density at radius 2 is 2.11 bits per heavy atom. The average Bonchev–Trinajstić information content (AvgIpc) is 3.09. The highest BCUT2D eigenvalue weighted by Crippen LogP contribution is 2.29. The predicted octanol–water partition coefficient (Wildman–Crippen LogP) is 0.882. The number of nitrogens with zero attached hydrogens (tertiary/aromatic N) is 3. The molecule has 1 aromatic rings. The van der Waals surface area contributed by atoms with Crippen molar-refractivity contribution in [3.63, 3.8) is 0 Å². The second kappa shape index (κ2) is 5.33. The number of rotatable bonds is 2. The van der Waals surface area contributed by atoms with E-state index in [-0.39, 0.29) is 5.91 Å². The number of piperidine rings is 1. The van der Waals surface area contributed by atoms with Crippen molar-refractivity contribution in [2.75, 3.05) is 26.2 Å². The van der Waals surface area contributed by atoms with E-state index < -0.39 is 0 Å². The van der Waals surface area contributed by atoms with E-state index >= 15 is 0 Å². The minimum atomic E-state index is 0.128. The van der Waals surface area contributed by atoms with Crippen LogP contribution in [0.2, 0.25) is 0 Å². The quantitative estimate of drug-likeness (QED) is 0.861. The fourth-order valence-corrected chi connectivity index (χ4v) is 3.40. The summed E-state index contributed by atoms with van der Waals surface area (Å²) >= 11 is 0. The third-order valence-corrected chi connectivity index (χ3v) is 4.63. The molecule has 0 aliphatic carbocycles. The van der Waals surface area contributed by atoms with Gasteiger partial charge in [0.25, 0.3) is 5.91 Å². The molecule has 1 N–H and O–H groups in total. The maximum atomic E-state index is 12.4. The minimum absolute atomic E-state index is 0.128. The number of hydrogen-bond acceptors (Lipinski definition) is 3. The fraction of sp³-hybridized carbons (Fsp3) is 0.714. The third kappa shape index (κ3) is 2.52. The molecule has 2 saturated heterocycles. The molecule has 104 valence electrons. The Balaban J connectivity index is 1.58. The summed E-state index contributed by atoms with van der Waals surface area (Å²) in [6.45, 7) is 4.12. The largest absolute Gasteiger partial charge is 0.337 e. The number of aromatic nitrogens is 2. The molecule has 0 radical (unpaired) electrons. The molecular weight excluding hydrogens is 240 g/mol. The molecule has 0 spiro atoms. The van der Waals surface area contributed by atoms with Crippen molar-refractivity contribution in [1.29, 1.82) is 0 Å². The Morgan fingerprint density at radius 3 is 2.68 bits per heavy atom. The number of nitrogens with one attached hydrogen (secondary N) is 1. The standard InChI is InChI=1S/C14H22N4O/c1-17-13(3-7-16-17)14(19)18-8-4-11(5-9-18)12-2-6-15-10-12/h3,7,11-12,15H,2,4-6,8-10H2,1H3. The number of carbonyl (C=O) groups excluding carboxylic acids is 1. The molecule has 1 aromatic heterocycles. The SMILES string of the molecule is Cn1nccc1C(=O)N1CCC(C2CCNC2)CC1. The first-order chi connectivity index (χ1) is 9.25. The second-order valence-corrected chi connectivity index (χ2v) is 5.72. The van der Waals surface area contributed by atoms with Crippen molar-refractivity contribution < 1.29 is 4.79 Å². The predicted molar refractivity (Wildman–Crippen MR) is 72.8 cm³/mol. The molecule has 0 aromatic carbocycles. The monoisotopic (exact) mass is 262 g/mol. The molecule has 1 unspecified atom stereocenters. The van der Waals surface area contributed by atoms with Crippen LogP contribution < -0.4 is 5.32 Å². The molecule has 19 heavy (non-hydrogen) atoms. The van der Waals surface area contributed by atoms with Gasteiger partial charge in [0.15, 0.2) is 0 Å². The van der Waals surface area contributed by atoms with E-state index in [0.717, 1.165) is 37.8 Å². The van der Waals surface area contributed by atoms with Gasteiger partial charge < -0.3 is 10.2 Å². The van der Waals surface area contributed by atoms with Crippen LogP contribution in [0.1, 0.15) is 29.8 Å². The van der Waals surface area contributed by atoms with Gasteiger partial charge in [0.1, 0.15) is 5.69 Å². The van der Waals surface area contributed by atoms with E-state index in [0.29, 0.717) is 5.69 Å². The highest BCUT2D eigenvalue weighted by molar-refractivity contribution is 5.92. The van der Waals surface area contributed by atoms with Gasteiger partial charge >= 0.3 is 0 Å². The maximum absolute atomic E-state index is 12.4. The Hall–Kier alpha value is -1.36. The van der Waals surface area contributed by atoms with Crippen molar-refractivity contribution in [2.45, 2.75) is 19.3 Å². The van der Waals surface area contributed by atoms with Crippen LogP contribution in [0.4, 0.5) is 0 Å². The van der Waals surface area contributed by atoms with E-state index in [4.69, 9.17) is 0 Å². The van der Waals surface area contributed by atoms with Crippen molar-refractivity contribution in [2.24, 2.45) is 18.9 Å². The number of carbonyl (C=O) groups is 1. The summed E-state index contributed by atoms with van der Waals surface area (Å²) in [5.41, 5.74) is 0.695. The van der Waals surface area contributed by atoms with E-state index in [2.05, 4.69) is 10.4 Å². The summed E-state index contributed by atoms with van der Waals surface area (Å²) in [5, 5.41) is 7.51. The van der Waals surface area contributed by atoms with E-state index in [9.17, 15) is 4.79 Å². The van der Waals surface area contributed by atoms with Gasteiger partial charge in [0.2, 0.25) is 0 Å². The minimum Gasteiger partial charge on any atom is -0.337 e. The number of amides is 1. The molecule has 5 nitrogen and oxygen atoms in total. The third-order valence-electron chi connectivity index (χ3n) is 4.63. The maximum Gasteiger partial charge on any atom is 0.272 e. The lowest BCUT2D eigenvalue weighted by Gasteiger charge is -2.34. The molecule has 5 heteroatoms. The lowest BCUT2D eigenvalue weighted by molar-refractivity contribution is 0.0652. The van der Waals surface area contributed by atoms with E-state index in [1.54, 1.807) is 16.9 Å². The summed E-state index contributed by atoms with van der Waals surface area (Å²) in [4.78, 5) is 14.3. The number of hydrogen-bond donors (Lipinski definition) is 1. The Bertz CT molecular complexity index is 442. The van der Waals surface area contributed by atoms with Crippen molar-refractivity contribution >= 4 is 5.91 Å². The molecule has 1 amide bonds. The lowest BCUT2D eigenvalue weighted by atomic mass is 9.84. The van der Waals surface area contributed by atoms with Crippen molar-refractivity contribution in [1.82, 2.24) is 20.0 Å². The van der Waals surface area contributed by atoms with Gasteiger partial charge in [0, 0.05) is 26.3 Å². The Kier molecular flexibility index (Phi) is 3.55. The molecule has 2 aliphatic rings. The van der Waals surface area contributed by atoms with Gasteiger partial charge in [-0.15, -0.1) is 0 Å². The van der Waals surface area contributed by atoms with E-state index in [1.165, 1.54) is 19.5 Å². The van der Waals surface area contributed by atoms with Crippen LogP contribution in [-0.4, -0.2) is 46.8 Å². The molecule has 0 saturated carbocycles. The zero-order valence-corrected chi connectivity index (χ0v) is 11.5. The van der Waals surface area contributed by atoms with Crippen LogP contribution in [0.15, 0.2) is 12.3 Å². The fourth-order valence-electron chi connectivity index (χ4n) is 3.40. The van der Waals surface area contributed by atoms with Crippen molar-refractivity contribution in [3.05, 3.63) is 18.0 Å². The van der Waals surface area contributed by atoms with Gasteiger partial charge in [-0.25, -0.2) is 0 Å². The molecule has 3 heterocycles. The van der Waals surface area contributed by atoms with Crippen LogP contribution in [0.5, 0.6) is 0 Å². The van der Waals surface area contributed by atoms with Gasteiger partial charge in [0.05, 0.1) is 0 Å². The van der Waals surface area contributed by atoms with Gasteiger partial charge in [-0.2, -0.15) is 5.10 Å².